The van der Waals surface area contributed by atoms with Crippen LogP contribution in [0.2, 0.25) is 0 Å². The second-order valence-electron chi connectivity index (χ2n) is 7.33. The van der Waals surface area contributed by atoms with Crippen molar-refractivity contribution in [3.63, 3.8) is 0 Å². The van der Waals surface area contributed by atoms with Crippen molar-refractivity contribution >= 4 is 20.9 Å². The number of sulfonamides is 1. The number of benzene rings is 2. The molecule has 4 rings (SSSR count). The van der Waals surface area contributed by atoms with Crippen LogP contribution in [0.3, 0.4) is 0 Å². The van der Waals surface area contributed by atoms with Crippen LogP contribution in [0.5, 0.6) is 0 Å². The minimum Gasteiger partial charge on any atom is -0.307 e. The van der Waals surface area contributed by atoms with Crippen molar-refractivity contribution in [2.75, 3.05) is 13.6 Å². The maximum atomic E-state index is 13.1. The average molecular weight is 457 g/mol. The molecule has 0 radical (unpaired) electrons. The smallest absolute Gasteiger partial charge is 0.307 e. The molecule has 0 atom stereocenters. The predicted octanol–water partition coefficient (Wildman–Crippen LogP) is 2.00. The highest BCUT2D eigenvalue weighted by Crippen LogP contribution is 2.20. The van der Waals surface area contributed by atoms with Crippen LogP contribution in [-0.2, 0) is 16.4 Å². The minimum absolute atomic E-state index is 0.0369. The number of aromatic amines is 3. The number of nitrogens with one attached hydrogen (secondary N) is 3. The Morgan fingerprint density at radius 2 is 1.78 bits per heavy atom. The van der Waals surface area contributed by atoms with Crippen LogP contribution in [0.15, 0.2) is 63.0 Å². The summed E-state index contributed by atoms with van der Waals surface area (Å²) in [6.45, 7) is 0.243. The number of nitrogens with zero attached hydrogens (tertiary/aromatic N) is 2. The molecule has 2 heterocycles. The van der Waals surface area contributed by atoms with E-state index in [1.807, 2.05) is 6.07 Å². The highest BCUT2D eigenvalue weighted by atomic mass is 32.2. The molecule has 0 spiro atoms. The number of aryl methyl sites for hydroxylation is 1. The summed E-state index contributed by atoms with van der Waals surface area (Å²) >= 11 is 0. The number of fused-ring (bicyclic) bond motifs is 1. The number of hydrogen-bond donors (Lipinski definition) is 3. The topological polar surface area (TPSA) is 132 Å². The first kappa shape index (κ1) is 21.7. The van der Waals surface area contributed by atoms with Crippen LogP contribution < -0.4 is 11.2 Å². The molecule has 0 amide bonds. The predicted molar refractivity (Wildman–Crippen MR) is 117 cm³/mol. The van der Waals surface area contributed by atoms with E-state index in [4.69, 9.17) is 0 Å². The van der Waals surface area contributed by atoms with Gasteiger partial charge < -0.3 is 4.98 Å². The molecule has 9 nitrogen and oxygen atoms in total. The Bertz CT molecular complexity index is 1490. The molecule has 0 unspecified atom stereocenters. The Morgan fingerprint density at radius 3 is 2.53 bits per heavy atom. The zero-order valence-corrected chi connectivity index (χ0v) is 17.9. The lowest BCUT2D eigenvalue weighted by Crippen LogP contribution is -2.28. The van der Waals surface area contributed by atoms with Crippen LogP contribution in [-0.4, -0.2) is 46.5 Å². The van der Waals surface area contributed by atoms with Crippen molar-refractivity contribution in [1.29, 1.82) is 0 Å². The van der Waals surface area contributed by atoms with E-state index < -0.39 is 21.3 Å². The first-order valence-corrected chi connectivity index (χ1v) is 11.2. The molecular weight excluding hydrogens is 437 g/mol. The van der Waals surface area contributed by atoms with Gasteiger partial charge in [-0.25, -0.2) is 21.9 Å². The second kappa shape index (κ2) is 8.52. The fraction of sp³-hybridized carbons (Fsp3) is 0.190. The summed E-state index contributed by atoms with van der Waals surface area (Å²) in [5.74, 6) is -0.321. The molecule has 2 aromatic carbocycles. The van der Waals surface area contributed by atoms with Gasteiger partial charge >= 0.3 is 5.69 Å². The third-order valence-corrected chi connectivity index (χ3v) is 6.96. The SMILES string of the molecule is CN(CCCc1cc(-c2ccc(F)cc2)n[nH]1)S(=O)(=O)c1ccc2[nH]c(=O)[nH]c(=O)c2c1. The van der Waals surface area contributed by atoms with Gasteiger partial charge in [0.2, 0.25) is 10.0 Å². The van der Waals surface area contributed by atoms with Crippen LogP contribution in [0.1, 0.15) is 12.1 Å². The Balaban J connectivity index is 1.43. The molecule has 0 aliphatic heterocycles. The van der Waals surface area contributed by atoms with Crippen molar-refractivity contribution < 1.29 is 12.8 Å². The first-order valence-electron chi connectivity index (χ1n) is 9.77. The van der Waals surface area contributed by atoms with Gasteiger partial charge in [-0.15, -0.1) is 0 Å². The van der Waals surface area contributed by atoms with E-state index in [1.54, 1.807) is 12.1 Å². The summed E-state index contributed by atoms with van der Waals surface area (Å²) in [5, 5.41) is 7.22. The Labute approximate surface area is 182 Å². The summed E-state index contributed by atoms with van der Waals surface area (Å²) in [5.41, 5.74) is 1.24. The van der Waals surface area contributed by atoms with Gasteiger partial charge in [-0.1, -0.05) is 0 Å². The van der Waals surface area contributed by atoms with E-state index in [1.165, 1.54) is 41.7 Å². The average Bonchev–Trinajstić information content (AvgIpc) is 3.22. The lowest BCUT2D eigenvalue weighted by Gasteiger charge is -2.17. The summed E-state index contributed by atoms with van der Waals surface area (Å²) in [4.78, 5) is 27.9. The molecule has 166 valence electrons. The highest BCUT2D eigenvalue weighted by molar-refractivity contribution is 7.89. The molecule has 11 heteroatoms. The van der Waals surface area contributed by atoms with Crippen molar-refractivity contribution in [2.45, 2.75) is 17.7 Å². The maximum Gasteiger partial charge on any atom is 0.326 e. The minimum atomic E-state index is -3.83. The molecule has 4 aromatic rings. The third kappa shape index (κ3) is 4.39. The number of rotatable bonds is 7. The van der Waals surface area contributed by atoms with Crippen LogP contribution in [0.4, 0.5) is 4.39 Å². The molecule has 0 fully saturated rings. The second-order valence-corrected chi connectivity index (χ2v) is 9.38. The lowest BCUT2D eigenvalue weighted by atomic mass is 10.1. The Morgan fingerprint density at radius 1 is 1.03 bits per heavy atom. The normalized spacial score (nSPS) is 12.0. The zero-order chi connectivity index (χ0) is 22.9. The fourth-order valence-electron chi connectivity index (χ4n) is 3.36. The quantitative estimate of drug-likeness (QED) is 0.391. The molecule has 0 aliphatic carbocycles. The molecule has 2 aromatic heterocycles. The van der Waals surface area contributed by atoms with Crippen molar-refractivity contribution in [2.24, 2.45) is 0 Å². The largest absolute Gasteiger partial charge is 0.326 e. The Hall–Kier alpha value is -3.57. The number of aromatic nitrogens is 4. The molecule has 32 heavy (non-hydrogen) atoms. The molecule has 0 saturated carbocycles. The standard InChI is InChI=1S/C21H20FN5O4S/c1-27(10-2-3-15-11-19(26-25-15)13-4-6-14(22)7-5-13)32(30,31)16-8-9-18-17(12-16)20(28)24-21(29)23-18/h4-9,11-12H,2-3,10H2,1H3,(H,25,26)(H2,23,24,28,29). The van der Waals surface area contributed by atoms with Gasteiger partial charge in [-0.05, 0) is 61.4 Å². The van der Waals surface area contributed by atoms with E-state index in [-0.39, 0.29) is 28.2 Å². The van der Waals surface area contributed by atoms with Gasteiger partial charge in [0.1, 0.15) is 5.82 Å². The van der Waals surface area contributed by atoms with Gasteiger partial charge in [0.25, 0.3) is 5.56 Å². The number of H-pyrrole nitrogens is 3. The highest BCUT2D eigenvalue weighted by Gasteiger charge is 2.21. The van der Waals surface area contributed by atoms with Gasteiger partial charge in [-0.2, -0.15) is 5.10 Å². The van der Waals surface area contributed by atoms with Gasteiger partial charge in [0.05, 0.1) is 21.5 Å². The molecular formula is C21H20FN5O4S. The lowest BCUT2D eigenvalue weighted by molar-refractivity contribution is 0.460. The van der Waals surface area contributed by atoms with Gasteiger partial charge in [-0.3, -0.25) is 14.9 Å². The third-order valence-electron chi connectivity index (χ3n) is 5.11. The Kier molecular flexibility index (Phi) is 5.76. The summed E-state index contributed by atoms with van der Waals surface area (Å²) in [6.07, 6.45) is 1.09. The fourth-order valence-corrected chi connectivity index (χ4v) is 4.59. The van der Waals surface area contributed by atoms with Crippen LogP contribution >= 0.6 is 0 Å². The first-order chi connectivity index (χ1) is 15.2. The van der Waals surface area contributed by atoms with Crippen molar-refractivity contribution in [3.8, 4) is 11.3 Å². The van der Waals surface area contributed by atoms with E-state index >= 15 is 0 Å². The van der Waals surface area contributed by atoms with E-state index in [0.29, 0.717) is 18.5 Å². The van der Waals surface area contributed by atoms with Crippen molar-refractivity contribution in [1.82, 2.24) is 24.5 Å². The number of halogens is 1. The van der Waals surface area contributed by atoms with Gasteiger partial charge in [0, 0.05) is 24.8 Å². The van der Waals surface area contributed by atoms with Gasteiger partial charge in [0.15, 0.2) is 0 Å². The van der Waals surface area contributed by atoms with E-state index in [2.05, 4.69) is 20.2 Å². The molecule has 0 bridgehead atoms. The van der Waals surface area contributed by atoms with Crippen molar-refractivity contribution in [3.05, 3.63) is 80.9 Å². The summed E-state index contributed by atoms with van der Waals surface area (Å²) in [6, 6.07) is 11.9. The monoisotopic (exact) mass is 457 g/mol. The summed E-state index contributed by atoms with van der Waals surface area (Å²) < 4.78 is 40.1. The molecule has 0 aliphatic rings. The van der Waals surface area contributed by atoms with Crippen LogP contribution in [0, 0.1) is 5.82 Å². The maximum absolute atomic E-state index is 13.1. The molecule has 0 saturated heterocycles. The molecule has 3 N–H and O–H groups in total. The number of hydrogen-bond acceptors (Lipinski definition) is 5. The summed E-state index contributed by atoms with van der Waals surface area (Å²) in [7, 11) is -2.36. The zero-order valence-electron chi connectivity index (χ0n) is 17.1. The van der Waals surface area contributed by atoms with Crippen LogP contribution in [0.25, 0.3) is 22.2 Å². The van der Waals surface area contributed by atoms with E-state index in [0.717, 1.165) is 11.3 Å². The van der Waals surface area contributed by atoms with E-state index in [9.17, 15) is 22.4 Å².